The number of aryl methyl sites for hydroxylation is 1. The molecule has 0 saturated carbocycles. The van der Waals surface area contributed by atoms with Gasteiger partial charge in [-0.05, 0) is 41.1 Å². The lowest BCUT2D eigenvalue weighted by molar-refractivity contribution is 0.490. The summed E-state index contributed by atoms with van der Waals surface area (Å²) < 4.78 is 18.9. The van der Waals surface area contributed by atoms with Crippen LogP contribution in [0.2, 0.25) is 0 Å². The third kappa shape index (κ3) is 2.79. The van der Waals surface area contributed by atoms with Gasteiger partial charge in [0.2, 0.25) is 0 Å². The molecule has 0 fully saturated rings. The largest absolute Gasteiger partial charge is 0.465 e. The summed E-state index contributed by atoms with van der Waals surface area (Å²) in [6.45, 7) is 2.39. The maximum atomic E-state index is 13.2. The van der Waals surface area contributed by atoms with E-state index in [0.717, 1.165) is 11.5 Å². The molecule has 5 heteroatoms. The van der Waals surface area contributed by atoms with Crippen molar-refractivity contribution in [2.24, 2.45) is 0 Å². The Bertz CT molecular complexity index is 539. The molecule has 0 spiro atoms. The number of rotatable bonds is 3. The Morgan fingerprint density at radius 3 is 2.82 bits per heavy atom. The van der Waals surface area contributed by atoms with E-state index in [1.807, 2.05) is 19.1 Å². The lowest BCUT2D eigenvalue weighted by Crippen LogP contribution is -2.02. The smallest absolute Gasteiger partial charge is 0.139 e. The average molecular weight is 299 g/mol. The van der Waals surface area contributed by atoms with Crippen molar-refractivity contribution in [1.82, 2.24) is 0 Å². The first-order valence-corrected chi connectivity index (χ1v) is 5.89. The molecular formula is C12H12BrFN2O. The van der Waals surface area contributed by atoms with Crippen molar-refractivity contribution >= 4 is 27.3 Å². The van der Waals surface area contributed by atoms with Gasteiger partial charge in [-0.25, -0.2) is 4.39 Å². The Morgan fingerprint density at radius 1 is 1.41 bits per heavy atom. The van der Waals surface area contributed by atoms with Gasteiger partial charge in [-0.1, -0.05) is 0 Å². The van der Waals surface area contributed by atoms with Gasteiger partial charge in [-0.3, -0.25) is 0 Å². The predicted octanol–water partition coefficient (Wildman–Crippen LogP) is 3.68. The molecule has 1 heterocycles. The van der Waals surface area contributed by atoms with E-state index in [0.29, 0.717) is 22.4 Å². The highest BCUT2D eigenvalue weighted by molar-refractivity contribution is 9.10. The molecule has 0 amide bonds. The second-order valence-electron chi connectivity index (χ2n) is 3.72. The van der Waals surface area contributed by atoms with Crippen LogP contribution >= 0.6 is 15.9 Å². The first-order chi connectivity index (χ1) is 8.06. The van der Waals surface area contributed by atoms with E-state index >= 15 is 0 Å². The molecule has 2 aromatic rings. The first kappa shape index (κ1) is 12.0. The SMILES string of the molecule is Cc1ccc(CNc2cc(Br)c(F)cc2N)o1. The van der Waals surface area contributed by atoms with Crippen molar-refractivity contribution in [3.63, 3.8) is 0 Å². The minimum Gasteiger partial charge on any atom is -0.465 e. The molecule has 3 N–H and O–H groups in total. The average Bonchev–Trinajstić information content (AvgIpc) is 2.68. The van der Waals surface area contributed by atoms with Crippen LogP contribution in [0, 0.1) is 12.7 Å². The summed E-state index contributed by atoms with van der Waals surface area (Å²) in [5.74, 6) is 1.29. The quantitative estimate of drug-likeness (QED) is 0.850. The van der Waals surface area contributed by atoms with Gasteiger partial charge in [0.25, 0.3) is 0 Å². The third-order valence-electron chi connectivity index (χ3n) is 2.34. The van der Waals surface area contributed by atoms with Crippen LogP contribution in [-0.4, -0.2) is 0 Å². The van der Waals surface area contributed by atoms with Gasteiger partial charge in [0.15, 0.2) is 0 Å². The third-order valence-corrected chi connectivity index (χ3v) is 2.95. The number of nitrogens with two attached hydrogens (primary N) is 1. The number of anilines is 2. The summed E-state index contributed by atoms with van der Waals surface area (Å²) in [7, 11) is 0. The van der Waals surface area contributed by atoms with Crippen molar-refractivity contribution in [3.8, 4) is 0 Å². The Balaban J connectivity index is 2.11. The highest BCUT2D eigenvalue weighted by atomic mass is 79.9. The summed E-state index contributed by atoms with van der Waals surface area (Å²) in [6.07, 6.45) is 0. The number of hydrogen-bond acceptors (Lipinski definition) is 3. The minimum atomic E-state index is -0.373. The molecule has 17 heavy (non-hydrogen) atoms. The lowest BCUT2D eigenvalue weighted by Gasteiger charge is -2.09. The Kier molecular flexibility index (Phi) is 3.38. The van der Waals surface area contributed by atoms with Crippen molar-refractivity contribution in [2.75, 3.05) is 11.1 Å². The van der Waals surface area contributed by atoms with Crippen LogP contribution < -0.4 is 11.1 Å². The summed E-state index contributed by atoms with van der Waals surface area (Å²) in [5.41, 5.74) is 6.75. The fraction of sp³-hybridized carbons (Fsp3) is 0.167. The molecule has 1 aromatic carbocycles. The van der Waals surface area contributed by atoms with Crippen LogP contribution in [0.15, 0.2) is 33.2 Å². The van der Waals surface area contributed by atoms with Crippen LogP contribution in [0.5, 0.6) is 0 Å². The molecule has 2 rings (SSSR count). The molecule has 0 radical (unpaired) electrons. The molecule has 90 valence electrons. The van der Waals surface area contributed by atoms with E-state index in [1.165, 1.54) is 6.07 Å². The number of hydrogen-bond donors (Lipinski definition) is 2. The van der Waals surface area contributed by atoms with Crippen molar-refractivity contribution in [3.05, 3.63) is 46.1 Å². The highest BCUT2D eigenvalue weighted by Gasteiger charge is 2.06. The lowest BCUT2D eigenvalue weighted by atomic mass is 10.2. The highest BCUT2D eigenvalue weighted by Crippen LogP contribution is 2.27. The number of benzene rings is 1. The zero-order chi connectivity index (χ0) is 12.4. The molecule has 0 aliphatic heterocycles. The monoisotopic (exact) mass is 298 g/mol. The molecule has 0 aliphatic rings. The van der Waals surface area contributed by atoms with Crippen molar-refractivity contribution in [1.29, 1.82) is 0 Å². The maximum Gasteiger partial charge on any atom is 0.139 e. The molecule has 0 atom stereocenters. The van der Waals surface area contributed by atoms with E-state index in [4.69, 9.17) is 10.2 Å². The van der Waals surface area contributed by atoms with Gasteiger partial charge in [0.1, 0.15) is 17.3 Å². The first-order valence-electron chi connectivity index (χ1n) is 5.10. The summed E-state index contributed by atoms with van der Waals surface area (Å²) in [4.78, 5) is 0. The Labute approximate surface area is 107 Å². The predicted molar refractivity (Wildman–Crippen MR) is 69.3 cm³/mol. The van der Waals surface area contributed by atoms with Gasteiger partial charge >= 0.3 is 0 Å². The van der Waals surface area contributed by atoms with E-state index in [2.05, 4.69) is 21.2 Å². The van der Waals surface area contributed by atoms with Crippen LogP contribution in [0.3, 0.4) is 0 Å². The molecule has 0 unspecified atom stereocenters. The fourth-order valence-corrected chi connectivity index (χ4v) is 1.82. The molecule has 0 aliphatic carbocycles. The zero-order valence-corrected chi connectivity index (χ0v) is 10.8. The molecule has 3 nitrogen and oxygen atoms in total. The second-order valence-corrected chi connectivity index (χ2v) is 4.57. The minimum absolute atomic E-state index is 0.369. The number of halogens is 2. The van der Waals surface area contributed by atoms with E-state index < -0.39 is 0 Å². The standard InChI is InChI=1S/C12H12BrFN2O/c1-7-2-3-8(17-7)6-16-12-4-9(13)10(14)5-11(12)15/h2-5,16H,6,15H2,1H3. The topological polar surface area (TPSA) is 51.2 Å². The molecule has 0 bridgehead atoms. The van der Waals surface area contributed by atoms with Gasteiger partial charge in [-0.15, -0.1) is 0 Å². The number of nitrogen functional groups attached to an aromatic ring is 1. The van der Waals surface area contributed by atoms with Crippen LogP contribution in [0.1, 0.15) is 11.5 Å². The summed E-state index contributed by atoms with van der Waals surface area (Å²) in [5, 5.41) is 3.10. The second kappa shape index (κ2) is 4.79. The van der Waals surface area contributed by atoms with Crippen LogP contribution in [-0.2, 0) is 6.54 Å². The van der Waals surface area contributed by atoms with E-state index in [-0.39, 0.29) is 5.82 Å². The zero-order valence-electron chi connectivity index (χ0n) is 9.26. The normalized spacial score (nSPS) is 10.5. The van der Waals surface area contributed by atoms with Crippen LogP contribution in [0.25, 0.3) is 0 Å². The van der Waals surface area contributed by atoms with Gasteiger partial charge in [0, 0.05) is 6.07 Å². The van der Waals surface area contributed by atoms with Crippen molar-refractivity contribution in [2.45, 2.75) is 13.5 Å². The summed E-state index contributed by atoms with van der Waals surface area (Å²) >= 11 is 3.12. The molecule has 0 saturated heterocycles. The van der Waals surface area contributed by atoms with Gasteiger partial charge in [0.05, 0.1) is 22.4 Å². The number of furan rings is 1. The maximum absolute atomic E-state index is 13.2. The molecule has 1 aromatic heterocycles. The number of nitrogens with one attached hydrogen (secondary N) is 1. The van der Waals surface area contributed by atoms with Crippen molar-refractivity contribution < 1.29 is 8.81 Å². The Morgan fingerprint density at radius 2 is 2.18 bits per heavy atom. The fourth-order valence-electron chi connectivity index (χ4n) is 1.48. The molecular weight excluding hydrogens is 287 g/mol. The van der Waals surface area contributed by atoms with Gasteiger partial charge < -0.3 is 15.5 Å². The van der Waals surface area contributed by atoms with Crippen LogP contribution in [0.4, 0.5) is 15.8 Å². The Hall–Kier alpha value is -1.49. The summed E-state index contributed by atoms with van der Waals surface area (Å²) in [6, 6.07) is 6.66. The van der Waals surface area contributed by atoms with E-state index in [1.54, 1.807) is 6.07 Å². The van der Waals surface area contributed by atoms with Gasteiger partial charge in [-0.2, -0.15) is 0 Å². The van der Waals surface area contributed by atoms with E-state index in [9.17, 15) is 4.39 Å².